The molecule has 8 nitrogen and oxygen atoms in total. The lowest BCUT2D eigenvalue weighted by atomic mass is 9.92. The van der Waals surface area contributed by atoms with E-state index in [0.717, 1.165) is 6.54 Å². The quantitative estimate of drug-likeness (QED) is 0.669. The third kappa shape index (κ3) is 3.25. The van der Waals surface area contributed by atoms with E-state index in [1.165, 1.54) is 35.5 Å². The fraction of sp³-hybridized carbons (Fsp3) is 0.929. The fourth-order valence-corrected chi connectivity index (χ4v) is 4.56. The third-order valence-electron chi connectivity index (χ3n) is 4.93. The summed E-state index contributed by atoms with van der Waals surface area (Å²) < 4.78 is 32.9. The van der Waals surface area contributed by atoms with E-state index in [1.807, 2.05) is 0 Å². The Bertz CT molecular complexity index is 569. The van der Waals surface area contributed by atoms with E-state index >= 15 is 0 Å². The van der Waals surface area contributed by atoms with Crippen LogP contribution in [-0.2, 0) is 19.7 Å². The van der Waals surface area contributed by atoms with Gasteiger partial charge in [0.05, 0.1) is 6.61 Å². The number of likely N-dealkylation sites (N-methyl/N-ethyl adjacent to an activating group) is 1. The van der Waals surface area contributed by atoms with Crippen LogP contribution in [0.5, 0.6) is 0 Å². The summed E-state index contributed by atoms with van der Waals surface area (Å²) in [7, 11) is 1.31. The molecule has 2 saturated heterocycles. The van der Waals surface area contributed by atoms with Gasteiger partial charge in [0.15, 0.2) is 0 Å². The van der Waals surface area contributed by atoms with Gasteiger partial charge in [-0.3, -0.25) is 9.69 Å². The highest BCUT2D eigenvalue weighted by atomic mass is 32.2. The number of hydrogen-bond acceptors (Lipinski definition) is 5. The molecule has 0 aromatic rings. The molecule has 23 heavy (non-hydrogen) atoms. The van der Waals surface area contributed by atoms with Gasteiger partial charge in [-0.05, 0) is 18.8 Å². The van der Waals surface area contributed by atoms with Gasteiger partial charge in [-0.2, -0.15) is 17.0 Å². The molecule has 132 valence electrons. The maximum Gasteiger partial charge on any atom is 0.281 e. The number of rotatable bonds is 5. The highest BCUT2D eigenvalue weighted by molar-refractivity contribution is 7.86. The molecule has 3 aliphatic rings. The van der Waals surface area contributed by atoms with Crippen molar-refractivity contribution in [2.45, 2.75) is 24.5 Å². The summed E-state index contributed by atoms with van der Waals surface area (Å²) in [5.41, 5.74) is -0.470. The van der Waals surface area contributed by atoms with Crippen molar-refractivity contribution >= 4 is 16.1 Å². The minimum atomic E-state index is -3.39. The fourth-order valence-electron chi connectivity index (χ4n) is 3.30. The predicted octanol–water partition coefficient (Wildman–Crippen LogP) is -1.30. The molecule has 3 rings (SSSR count). The molecule has 0 bridgehead atoms. The number of nitrogens with zero attached hydrogens (tertiary/aromatic N) is 3. The van der Waals surface area contributed by atoms with Crippen LogP contribution in [0.15, 0.2) is 0 Å². The monoisotopic (exact) mass is 346 g/mol. The Morgan fingerprint density at radius 1 is 1.30 bits per heavy atom. The zero-order valence-corrected chi connectivity index (χ0v) is 14.8. The van der Waals surface area contributed by atoms with Gasteiger partial charge in [0.2, 0.25) is 5.91 Å². The first-order valence-electron chi connectivity index (χ1n) is 8.05. The summed E-state index contributed by atoms with van der Waals surface area (Å²) in [6.07, 6.45) is 2.43. The van der Waals surface area contributed by atoms with Crippen molar-refractivity contribution in [3.05, 3.63) is 0 Å². The molecule has 0 radical (unpaired) electrons. The van der Waals surface area contributed by atoms with Crippen LogP contribution in [0, 0.1) is 5.92 Å². The molecule has 2 heterocycles. The largest absolute Gasteiger partial charge is 0.369 e. The zero-order valence-electron chi connectivity index (χ0n) is 14.0. The molecule has 3 fully saturated rings. The van der Waals surface area contributed by atoms with Gasteiger partial charge < -0.3 is 10.1 Å². The van der Waals surface area contributed by atoms with E-state index < -0.39 is 15.8 Å². The van der Waals surface area contributed by atoms with E-state index in [-0.39, 0.29) is 11.9 Å². The molecule has 2 aliphatic heterocycles. The Labute approximate surface area is 137 Å². The second kappa shape index (κ2) is 5.96. The van der Waals surface area contributed by atoms with Gasteiger partial charge in [0, 0.05) is 47.3 Å². The second-order valence-corrected chi connectivity index (χ2v) is 9.20. The van der Waals surface area contributed by atoms with Gasteiger partial charge in [0.1, 0.15) is 11.6 Å². The maximum absolute atomic E-state index is 12.1. The zero-order chi connectivity index (χ0) is 16.8. The summed E-state index contributed by atoms with van der Waals surface area (Å²) in [5.74, 6) is 0.636. The van der Waals surface area contributed by atoms with Gasteiger partial charge in [-0.15, -0.1) is 0 Å². The number of hydrogen-bond donors (Lipinski definition) is 1. The van der Waals surface area contributed by atoms with Crippen LogP contribution < -0.4 is 5.32 Å². The topological polar surface area (TPSA) is 82.2 Å². The number of ether oxygens (including phenoxy) is 1. The number of amides is 1. The summed E-state index contributed by atoms with van der Waals surface area (Å²) in [4.78, 5) is 14.2. The van der Waals surface area contributed by atoms with Crippen molar-refractivity contribution in [2.24, 2.45) is 5.92 Å². The van der Waals surface area contributed by atoms with Crippen molar-refractivity contribution < 1.29 is 17.9 Å². The van der Waals surface area contributed by atoms with Crippen LogP contribution in [0.3, 0.4) is 0 Å². The lowest BCUT2D eigenvalue weighted by Crippen LogP contribution is -2.74. The van der Waals surface area contributed by atoms with E-state index in [0.29, 0.717) is 32.2 Å². The average Bonchev–Trinajstić information content (AvgIpc) is 3.27. The first-order valence-corrected chi connectivity index (χ1v) is 9.44. The van der Waals surface area contributed by atoms with Gasteiger partial charge >= 0.3 is 0 Å². The van der Waals surface area contributed by atoms with Crippen LogP contribution in [0.4, 0.5) is 0 Å². The highest BCUT2D eigenvalue weighted by Crippen LogP contribution is 2.36. The molecule has 1 amide bonds. The van der Waals surface area contributed by atoms with Crippen LogP contribution in [0.1, 0.15) is 12.8 Å². The minimum Gasteiger partial charge on any atom is -0.369 e. The van der Waals surface area contributed by atoms with Crippen LogP contribution in [0.2, 0.25) is 0 Å². The molecule has 9 heteroatoms. The molecule has 1 atom stereocenters. The van der Waals surface area contributed by atoms with Crippen LogP contribution in [-0.4, -0.2) is 93.4 Å². The lowest BCUT2D eigenvalue weighted by Gasteiger charge is -2.54. The Morgan fingerprint density at radius 3 is 2.48 bits per heavy atom. The van der Waals surface area contributed by atoms with E-state index in [1.54, 1.807) is 7.05 Å². The molecule has 1 saturated carbocycles. The Hall–Kier alpha value is -0.740. The van der Waals surface area contributed by atoms with Gasteiger partial charge in [-0.25, -0.2) is 0 Å². The highest BCUT2D eigenvalue weighted by Gasteiger charge is 2.54. The number of carbonyl (C=O) groups is 1. The van der Waals surface area contributed by atoms with Crippen molar-refractivity contribution in [1.82, 2.24) is 18.8 Å². The standard InChI is InChI=1S/C14H26N4O4S/c1-15-13(19)12-7-22-14(8-17(12)6-11-4-5-11)9-18(10-14)23(20,21)16(2)3/h11-12H,4-10H2,1-3H3,(H,15,19)/t12-/m1/s1. The second-order valence-electron chi connectivity index (χ2n) is 7.06. The maximum atomic E-state index is 12.1. The van der Waals surface area contributed by atoms with E-state index in [2.05, 4.69) is 10.2 Å². The Kier molecular flexibility index (Phi) is 4.43. The molecule has 0 aromatic carbocycles. The van der Waals surface area contributed by atoms with Crippen molar-refractivity contribution in [3.8, 4) is 0 Å². The van der Waals surface area contributed by atoms with Gasteiger partial charge in [0.25, 0.3) is 10.2 Å². The van der Waals surface area contributed by atoms with Crippen molar-refractivity contribution in [2.75, 3.05) is 53.9 Å². The lowest BCUT2D eigenvalue weighted by molar-refractivity contribution is -0.185. The Balaban J connectivity index is 1.66. The molecule has 0 aromatic heterocycles. The van der Waals surface area contributed by atoms with Gasteiger partial charge in [-0.1, -0.05) is 0 Å². The average molecular weight is 346 g/mol. The predicted molar refractivity (Wildman–Crippen MR) is 85.0 cm³/mol. The third-order valence-corrected chi connectivity index (χ3v) is 6.77. The Morgan fingerprint density at radius 2 is 1.96 bits per heavy atom. The smallest absolute Gasteiger partial charge is 0.281 e. The summed E-state index contributed by atoms with van der Waals surface area (Å²) in [6, 6.07) is -0.272. The normalized spacial score (nSPS) is 28.8. The minimum absolute atomic E-state index is 0.0300. The first kappa shape index (κ1) is 17.1. The van der Waals surface area contributed by atoms with Crippen molar-refractivity contribution in [1.29, 1.82) is 0 Å². The van der Waals surface area contributed by atoms with E-state index in [4.69, 9.17) is 4.74 Å². The molecule has 1 aliphatic carbocycles. The van der Waals surface area contributed by atoms with E-state index in [9.17, 15) is 13.2 Å². The first-order chi connectivity index (χ1) is 10.8. The molecule has 1 spiro atoms. The van der Waals surface area contributed by atoms with Crippen molar-refractivity contribution in [3.63, 3.8) is 0 Å². The number of morpholine rings is 1. The molecular formula is C14H26N4O4S. The van der Waals surface area contributed by atoms with Crippen LogP contribution in [0.25, 0.3) is 0 Å². The van der Waals surface area contributed by atoms with Crippen LogP contribution >= 0.6 is 0 Å². The summed E-state index contributed by atoms with van der Waals surface area (Å²) >= 11 is 0. The SMILES string of the molecule is CNC(=O)[C@H]1COC2(CN1CC1CC1)CN(S(=O)(=O)N(C)C)C2. The number of nitrogens with one attached hydrogen (secondary N) is 1. The molecule has 1 N–H and O–H groups in total. The summed E-state index contributed by atoms with van der Waals surface area (Å²) in [5, 5.41) is 2.70. The number of carbonyl (C=O) groups excluding carboxylic acids is 1. The molecule has 0 unspecified atom stereocenters. The summed E-state index contributed by atoms with van der Waals surface area (Å²) in [6.45, 7) is 2.54. The molecular weight excluding hydrogens is 320 g/mol.